The van der Waals surface area contributed by atoms with Gasteiger partial charge in [0.05, 0.1) is 35.0 Å². The number of ether oxygens (including phenoxy) is 1. The molecule has 0 aromatic heterocycles. The number of halogens is 9. The highest BCUT2D eigenvalue weighted by atomic mass is 19.4. The number of alkyl halides is 9. The quantitative estimate of drug-likeness (QED) is 0.254. The minimum Gasteiger partial charge on any atom is -0.430 e. The summed E-state index contributed by atoms with van der Waals surface area (Å²) in [5.41, 5.74) is -4.53. The number of hydrogen-bond donors (Lipinski definition) is 0. The molecule has 0 fully saturated rings. The number of carbonyl (C=O) groups is 2. The van der Waals surface area contributed by atoms with Crippen molar-refractivity contribution in [1.29, 1.82) is 0 Å². The maximum absolute atomic E-state index is 13.5. The molecule has 1 aliphatic rings. The fourth-order valence-electron chi connectivity index (χ4n) is 4.56. The van der Waals surface area contributed by atoms with Crippen LogP contribution in [-0.2, 0) is 45.9 Å². The number of anilines is 1. The van der Waals surface area contributed by atoms with E-state index in [2.05, 4.69) is 0 Å². The first-order chi connectivity index (χ1) is 19.3. The van der Waals surface area contributed by atoms with Gasteiger partial charge in [-0.05, 0) is 74.6 Å². The van der Waals surface area contributed by atoms with Crippen molar-refractivity contribution in [2.24, 2.45) is 0 Å². The maximum atomic E-state index is 13.5. The molecule has 232 valence electrons. The summed E-state index contributed by atoms with van der Waals surface area (Å²) in [6.07, 6.45) is -16.6. The first-order valence-electron chi connectivity index (χ1n) is 12.7. The van der Waals surface area contributed by atoms with Crippen LogP contribution in [0.1, 0.15) is 61.4 Å². The van der Waals surface area contributed by atoms with Gasteiger partial charge >= 0.3 is 24.7 Å². The Morgan fingerprint density at radius 1 is 0.905 bits per heavy atom. The normalized spacial score (nSPS) is 16.4. The Balaban J connectivity index is 2.02. The number of amides is 1. The zero-order valence-corrected chi connectivity index (χ0v) is 22.6. The Labute approximate surface area is 234 Å². The fraction of sp³-hybridized carbons (Fsp3) is 0.481. The third kappa shape index (κ3) is 8.44. The maximum Gasteiger partial charge on any atom is 0.533 e. The van der Waals surface area contributed by atoms with E-state index in [1.807, 2.05) is 0 Å². The SMILES string of the molecule is CC(=O)N(Cc1cc(C(F)(F)F)cc(C(F)(F)F)c1)C1CCCN(OC(=O)OC(C)C)c2cc(C(F)(F)F)ccc2C1. The van der Waals surface area contributed by atoms with Gasteiger partial charge in [-0.1, -0.05) is 6.07 Å². The van der Waals surface area contributed by atoms with E-state index in [1.54, 1.807) is 0 Å². The molecular weight excluding hydrogens is 587 g/mol. The molecule has 1 aliphatic heterocycles. The molecule has 2 aromatic rings. The van der Waals surface area contributed by atoms with Crippen molar-refractivity contribution in [2.75, 3.05) is 11.6 Å². The third-order valence-corrected chi connectivity index (χ3v) is 6.40. The molecule has 1 atom stereocenters. The lowest BCUT2D eigenvalue weighted by Gasteiger charge is -2.36. The second-order valence-corrected chi connectivity index (χ2v) is 10.0. The standard InChI is InChI=1S/C27H27F9N2O4/c1-15(2)41-24(40)42-38-8-4-5-22(11-18-6-7-19(13-23(18)38)25(28,29)30)37(16(3)39)14-17-9-20(26(31,32)33)12-21(10-17)27(34,35)36/h6-7,9-10,12-13,15,22H,4-5,8,11,14H2,1-3H3. The largest absolute Gasteiger partial charge is 0.533 e. The van der Waals surface area contributed by atoms with E-state index in [9.17, 15) is 49.1 Å². The lowest BCUT2D eigenvalue weighted by atomic mass is 9.94. The van der Waals surface area contributed by atoms with Gasteiger partial charge in [0.25, 0.3) is 0 Å². The fourth-order valence-corrected chi connectivity index (χ4v) is 4.56. The molecule has 0 bridgehead atoms. The predicted molar refractivity (Wildman–Crippen MR) is 131 cm³/mol. The second kappa shape index (κ2) is 12.3. The summed E-state index contributed by atoms with van der Waals surface area (Å²) in [6, 6.07) is 2.84. The molecule has 42 heavy (non-hydrogen) atoms. The van der Waals surface area contributed by atoms with Crippen LogP contribution in [0.25, 0.3) is 0 Å². The Bertz CT molecular complexity index is 1260. The van der Waals surface area contributed by atoms with Crippen LogP contribution in [0.15, 0.2) is 36.4 Å². The molecule has 0 radical (unpaired) electrons. The van der Waals surface area contributed by atoms with E-state index >= 15 is 0 Å². The summed E-state index contributed by atoms with van der Waals surface area (Å²) in [5.74, 6) is -0.673. The van der Waals surface area contributed by atoms with E-state index < -0.39 is 71.5 Å². The molecule has 2 aromatic carbocycles. The summed E-state index contributed by atoms with van der Waals surface area (Å²) in [4.78, 5) is 31.1. The van der Waals surface area contributed by atoms with Crippen LogP contribution in [-0.4, -0.2) is 35.7 Å². The zero-order chi connectivity index (χ0) is 31.6. The molecule has 6 nitrogen and oxygen atoms in total. The molecule has 1 amide bonds. The van der Waals surface area contributed by atoms with Crippen molar-refractivity contribution in [3.8, 4) is 0 Å². The molecule has 0 saturated carbocycles. The molecule has 1 unspecified atom stereocenters. The van der Waals surface area contributed by atoms with Gasteiger partial charge in [0.15, 0.2) is 0 Å². The number of hydrogen-bond acceptors (Lipinski definition) is 5. The monoisotopic (exact) mass is 614 g/mol. The van der Waals surface area contributed by atoms with Crippen molar-refractivity contribution in [1.82, 2.24) is 4.90 Å². The van der Waals surface area contributed by atoms with Gasteiger partial charge in [-0.3, -0.25) is 4.79 Å². The number of hydroxylamine groups is 1. The Morgan fingerprint density at radius 2 is 1.48 bits per heavy atom. The van der Waals surface area contributed by atoms with Crippen molar-refractivity contribution in [3.05, 3.63) is 64.2 Å². The summed E-state index contributed by atoms with van der Waals surface area (Å²) >= 11 is 0. The van der Waals surface area contributed by atoms with Crippen LogP contribution in [0.5, 0.6) is 0 Å². The van der Waals surface area contributed by atoms with Gasteiger partial charge in [-0.15, -0.1) is 0 Å². The van der Waals surface area contributed by atoms with Gasteiger partial charge in [0.1, 0.15) is 0 Å². The van der Waals surface area contributed by atoms with Crippen molar-refractivity contribution >= 4 is 17.7 Å². The molecule has 0 aliphatic carbocycles. The molecule has 0 spiro atoms. The summed E-state index contributed by atoms with van der Waals surface area (Å²) in [5, 5.41) is 0.937. The van der Waals surface area contributed by atoms with Gasteiger partial charge in [-0.25, -0.2) is 9.86 Å². The summed E-state index contributed by atoms with van der Waals surface area (Å²) in [6.45, 7) is 3.39. The average Bonchev–Trinajstić information content (AvgIpc) is 2.82. The van der Waals surface area contributed by atoms with Crippen molar-refractivity contribution in [2.45, 2.75) is 77.3 Å². The minimum absolute atomic E-state index is 0.0230. The van der Waals surface area contributed by atoms with Crippen molar-refractivity contribution in [3.63, 3.8) is 0 Å². The second-order valence-electron chi connectivity index (χ2n) is 10.0. The minimum atomic E-state index is -5.09. The Kier molecular flexibility index (Phi) is 9.62. The first-order valence-corrected chi connectivity index (χ1v) is 12.7. The average molecular weight is 615 g/mol. The topological polar surface area (TPSA) is 59.1 Å². The van der Waals surface area contributed by atoms with Crippen LogP contribution in [0, 0.1) is 0 Å². The zero-order valence-electron chi connectivity index (χ0n) is 22.6. The van der Waals surface area contributed by atoms with Crippen LogP contribution < -0.4 is 5.06 Å². The van der Waals surface area contributed by atoms with E-state index in [0.717, 1.165) is 35.1 Å². The van der Waals surface area contributed by atoms with Crippen LogP contribution in [0.3, 0.4) is 0 Å². The third-order valence-electron chi connectivity index (χ3n) is 6.40. The molecule has 0 N–H and O–H groups in total. The van der Waals surface area contributed by atoms with E-state index in [-0.39, 0.29) is 43.1 Å². The number of benzene rings is 2. The number of carbonyl (C=O) groups excluding carboxylic acids is 2. The molecular formula is C27H27F9N2O4. The van der Waals surface area contributed by atoms with Crippen LogP contribution >= 0.6 is 0 Å². The Morgan fingerprint density at radius 3 is 1.98 bits per heavy atom. The Hall–Kier alpha value is -3.65. The highest BCUT2D eigenvalue weighted by Crippen LogP contribution is 2.38. The molecule has 0 saturated heterocycles. The van der Waals surface area contributed by atoms with Gasteiger partial charge in [0.2, 0.25) is 5.91 Å². The van der Waals surface area contributed by atoms with Crippen molar-refractivity contribution < 1.29 is 58.7 Å². The molecule has 15 heteroatoms. The van der Waals surface area contributed by atoms with Gasteiger partial charge < -0.3 is 14.5 Å². The predicted octanol–water partition coefficient (Wildman–Crippen LogP) is 7.78. The number of nitrogens with zero attached hydrogens (tertiary/aromatic N) is 2. The smallest absolute Gasteiger partial charge is 0.430 e. The van der Waals surface area contributed by atoms with E-state index in [0.29, 0.717) is 12.1 Å². The lowest BCUT2D eigenvalue weighted by molar-refractivity contribution is -0.143. The summed E-state index contributed by atoms with van der Waals surface area (Å²) in [7, 11) is 0. The highest BCUT2D eigenvalue weighted by Gasteiger charge is 2.38. The van der Waals surface area contributed by atoms with Gasteiger partial charge in [0, 0.05) is 19.5 Å². The molecule has 3 rings (SSSR count). The van der Waals surface area contributed by atoms with E-state index in [1.165, 1.54) is 13.8 Å². The van der Waals surface area contributed by atoms with Crippen LogP contribution in [0.2, 0.25) is 0 Å². The lowest BCUT2D eigenvalue weighted by Crippen LogP contribution is -2.42. The summed E-state index contributed by atoms with van der Waals surface area (Å²) < 4.78 is 126. The first kappa shape index (κ1) is 32.9. The number of rotatable bonds is 5. The van der Waals surface area contributed by atoms with E-state index in [4.69, 9.17) is 9.57 Å². The van der Waals surface area contributed by atoms with Gasteiger partial charge in [-0.2, -0.15) is 39.5 Å². The molecule has 1 heterocycles. The number of fused-ring (bicyclic) bond motifs is 1. The van der Waals surface area contributed by atoms with Crippen LogP contribution in [0.4, 0.5) is 50.0 Å². The highest BCUT2D eigenvalue weighted by molar-refractivity contribution is 5.74.